The summed E-state index contributed by atoms with van der Waals surface area (Å²) in [6.07, 6.45) is 1.87. The molecule has 2 aromatic heterocycles. The van der Waals surface area contributed by atoms with E-state index in [1.165, 1.54) is 0 Å². The van der Waals surface area contributed by atoms with Gasteiger partial charge >= 0.3 is 12.5 Å². The molecule has 4 aromatic rings. The van der Waals surface area contributed by atoms with E-state index >= 15 is 0 Å². The van der Waals surface area contributed by atoms with Gasteiger partial charge in [-0.1, -0.05) is 42.0 Å². The standard InChI is InChI=1S/C22H19F2N3O3/c1-14-6-8-15(9-7-14)18-12-25-20(30-18)10-11-21(28)29-13-19-26-16-4-2-3-5-17(16)27(19)22(23)24/h2-9,12,22H,10-11,13H2,1H3. The molecule has 0 radical (unpaired) electrons. The normalized spacial score (nSPS) is 11.3. The van der Waals surface area contributed by atoms with Crippen LogP contribution in [0.4, 0.5) is 8.78 Å². The van der Waals surface area contributed by atoms with E-state index in [-0.39, 0.29) is 25.3 Å². The van der Waals surface area contributed by atoms with Crippen molar-refractivity contribution in [3.8, 4) is 11.3 Å². The van der Waals surface area contributed by atoms with E-state index in [0.29, 0.717) is 22.7 Å². The first-order valence-electron chi connectivity index (χ1n) is 9.42. The minimum atomic E-state index is -2.78. The third-order valence-corrected chi connectivity index (χ3v) is 4.66. The molecule has 0 amide bonds. The second-order valence-corrected chi connectivity index (χ2v) is 6.81. The third kappa shape index (κ3) is 4.22. The second kappa shape index (κ2) is 8.44. The maximum absolute atomic E-state index is 13.4. The van der Waals surface area contributed by atoms with Crippen molar-refractivity contribution >= 4 is 17.0 Å². The highest BCUT2D eigenvalue weighted by Gasteiger charge is 2.19. The molecule has 0 aliphatic rings. The van der Waals surface area contributed by atoms with Crippen molar-refractivity contribution in [2.24, 2.45) is 0 Å². The molecule has 0 aliphatic heterocycles. The molecule has 154 valence electrons. The predicted molar refractivity (Wildman–Crippen MR) is 106 cm³/mol. The van der Waals surface area contributed by atoms with Gasteiger partial charge in [0.2, 0.25) is 0 Å². The minimum Gasteiger partial charge on any atom is -0.457 e. The monoisotopic (exact) mass is 411 g/mol. The van der Waals surface area contributed by atoms with E-state index in [1.807, 2.05) is 31.2 Å². The van der Waals surface area contributed by atoms with Crippen molar-refractivity contribution in [1.29, 1.82) is 0 Å². The average Bonchev–Trinajstić information content (AvgIpc) is 3.35. The summed E-state index contributed by atoms with van der Waals surface area (Å²) in [5.74, 6) is 0.474. The Labute approximate surface area is 171 Å². The van der Waals surface area contributed by atoms with Crippen LogP contribution in [-0.2, 0) is 22.6 Å². The Morgan fingerprint density at radius 3 is 2.70 bits per heavy atom. The van der Waals surface area contributed by atoms with Gasteiger partial charge in [0.05, 0.1) is 23.7 Å². The smallest absolute Gasteiger partial charge is 0.320 e. The number of esters is 1. The summed E-state index contributed by atoms with van der Waals surface area (Å²) in [6.45, 7) is -1.12. The largest absolute Gasteiger partial charge is 0.457 e. The fraction of sp³-hybridized carbons (Fsp3) is 0.227. The Kier molecular flexibility index (Phi) is 5.56. The minimum absolute atomic E-state index is 0.00247. The van der Waals surface area contributed by atoms with Gasteiger partial charge in [-0.05, 0) is 19.1 Å². The number of carbonyl (C=O) groups is 1. The van der Waals surface area contributed by atoms with Gasteiger partial charge in [-0.3, -0.25) is 9.36 Å². The number of oxazole rings is 1. The van der Waals surface area contributed by atoms with Crippen LogP contribution in [-0.4, -0.2) is 20.5 Å². The van der Waals surface area contributed by atoms with Crippen LogP contribution in [0.15, 0.2) is 59.1 Å². The number of nitrogens with zero attached hydrogens (tertiary/aromatic N) is 3. The number of aromatic nitrogens is 3. The number of rotatable bonds is 7. The zero-order valence-corrected chi connectivity index (χ0v) is 16.2. The molecular weight excluding hydrogens is 392 g/mol. The van der Waals surface area contributed by atoms with Gasteiger partial charge in [-0.15, -0.1) is 0 Å². The van der Waals surface area contributed by atoms with Crippen LogP contribution in [0.25, 0.3) is 22.4 Å². The van der Waals surface area contributed by atoms with E-state index < -0.39 is 12.5 Å². The first kappa shape index (κ1) is 19.8. The summed E-state index contributed by atoms with van der Waals surface area (Å²) < 4.78 is 38.4. The lowest BCUT2D eigenvalue weighted by molar-refractivity contribution is -0.145. The number of aryl methyl sites for hydroxylation is 2. The van der Waals surface area contributed by atoms with E-state index in [4.69, 9.17) is 9.15 Å². The number of carbonyl (C=O) groups excluding carboxylic acids is 1. The number of alkyl halides is 2. The fourth-order valence-corrected chi connectivity index (χ4v) is 3.12. The molecule has 8 heteroatoms. The Morgan fingerprint density at radius 2 is 1.93 bits per heavy atom. The average molecular weight is 411 g/mol. The lowest BCUT2D eigenvalue weighted by atomic mass is 10.1. The molecule has 0 fully saturated rings. The van der Waals surface area contributed by atoms with Crippen molar-refractivity contribution < 1.29 is 22.7 Å². The van der Waals surface area contributed by atoms with Crippen LogP contribution in [0, 0.1) is 6.92 Å². The van der Waals surface area contributed by atoms with Gasteiger partial charge in [0.1, 0.15) is 6.61 Å². The highest BCUT2D eigenvalue weighted by molar-refractivity contribution is 5.76. The number of fused-ring (bicyclic) bond motifs is 1. The SMILES string of the molecule is Cc1ccc(-c2cnc(CCC(=O)OCc3nc4ccccc4n3C(F)F)o2)cc1. The number of ether oxygens (including phenoxy) is 1. The zero-order valence-electron chi connectivity index (χ0n) is 16.2. The van der Waals surface area contributed by atoms with Crippen molar-refractivity contribution in [2.45, 2.75) is 32.9 Å². The first-order chi connectivity index (χ1) is 14.5. The van der Waals surface area contributed by atoms with E-state index in [2.05, 4.69) is 9.97 Å². The topological polar surface area (TPSA) is 70.2 Å². The first-order valence-corrected chi connectivity index (χ1v) is 9.42. The molecule has 0 atom stereocenters. The summed E-state index contributed by atoms with van der Waals surface area (Å²) in [5.41, 5.74) is 2.75. The van der Waals surface area contributed by atoms with Gasteiger partial charge in [0, 0.05) is 12.0 Å². The number of halogens is 2. The summed E-state index contributed by atoms with van der Waals surface area (Å²) in [4.78, 5) is 20.4. The second-order valence-electron chi connectivity index (χ2n) is 6.81. The molecule has 30 heavy (non-hydrogen) atoms. The molecule has 0 saturated carbocycles. The molecular formula is C22H19F2N3O3. The third-order valence-electron chi connectivity index (χ3n) is 4.66. The number of para-hydroxylation sites is 2. The number of benzene rings is 2. The highest BCUT2D eigenvalue weighted by Crippen LogP contribution is 2.24. The number of hydrogen-bond acceptors (Lipinski definition) is 5. The summed E-state index contributed by atoms with van der Waals surface area (Å²) in [7, 11) is 0. The quantitative estimate of drug-likeness (QED) is 0.397. The Morgan fingerprint density at radius 1 is 1.17 bits per heavy atom. The molecule has 0 bridgehead atoms. The molecule has 2 heterocycles. The van der Waals surface area contributed by atoms with E-state index in [1.54, 1.807) is 30.5 Å². The molecule has 0 saturated heterocycles. The van der Waals surface area contributed by atoms with Crippen molar-refractivity contribution in [3.63, 3.8) is 0 Å². The molecule has 0 spiro atoms. The number of imidazole rings is 1. The van der Waals surface area contributed by atoms with Crippen LogP contribution in [0.3, 0.4) is 0 Å². The fourth-order valence-electron chi connectivity index (χ4n) is 3.12. The van der Waals surface area contributed by atoms with Crippen LogP contribution in [0.1, 0.15) is 30.2 Å². The van der Waals surface area contributed by atoms with Crippen molar-refractivity contribution in [2.75, 3.05) is 0 Å². The van der Waals surface area contributed by atoms with E-state index in [9.17, 15) is 13.6 Å². The van der Waals surface area contributed by atoms with Gasteiger partial charge in [0.15, 0.2) is 17.5 Å². The Bertz CT molecular complexity index is 1170. The Hall–Kier alpha value is -3.55. The lowest BCUT2D eigenvalue weighted by Crippen LogP contribution is -2.11. The zero-order chi connectivity index (χ0) is 21.1. The van der Waals surface area contributed by atoms with Crippen molar-refractivity contribution in [1.82, 2.24) is 14.5 Å². The molecule has 2 aromatic carbocycles. The maximum atomic E-state index is 13.4. The van der Waals surface area contributed by atoms with Gasteiger partial charge in [0.25, 0.3) is 0 Å². The van der Waals surface area contributed by atoms with Crippen LogP contribution < -0.4 is 0 Å². The molecule has 4 rings (SSSR count). The summed E-state index contributed by atoms with van der Waals surface area (Å²) >= 11 is 0. The molecule has 0 N–H and O–H groups in total. The van der Waals surface area contributed by atoms with Crippen LogP contribution in [0.2, 0.25) is 0 Å². The van der Waals surface area contributed by atoms with E-state index in [0.717, 1.165) is 15.7 Å². The van der Waals surface area contributed by atoms with Gasteiger partial charge in [-0.25, -0.2) is 9.97 Å². The number of hydrogen-bond donors (Lipinski definition) is 0. The van der Waals surface area contributed by atoms with Gasteiger partial charge < -0.3 is 9.15 Å². The van der Waals surface area contributed by atoms with Gasteiger partial charge in [-0.2, -0.15) is 8.78 Å². The summed E-state index contributed by atoms with van der Waals surface area (Å²) in [6, 6.07) is 14.4. The Balaban J connectivity index is 1.35. The maximum Gasteiger partial charge on any atom is 0.320 e. The molecule has 0 aliphatic carbocycles. The van der Waals surface area contributed by atoms with Crippen LogP contribution in [0.5, 0.6) is 0 Å². The predicted octanol–water partition coefficient (Wildman–Crippen LogP) is 5.07. The summed E-state index contributed by atoms with van der Waals surface area (Å²) in [5, 5.41) is 0. The molecule has 0 unspecified atom stereocenters. The lowest BCUT2D eigenvalue weighted by Gasteiger charge is -2.08. The van der Waals surface area contributed by atoms with Crippen LogP contribution >= 0.6 is 0 Å². The highest BCUT2D eigenvalue weighted by atomic mass is 19.3. The molecule has 6 nitrogen and oxygen atoms in total. The van der Waals surface area contributed by atoms with Crippen molar-refractivity contribution in [3.05, 3.63) is 72.0 Å².